The quantitative estimate of drug-likeness (QED) is 0.814. The van der Waals surface area contributed by atoms with Crippen LogP contribution in [0.5, 0.6) is 0 Å². The Balaban J connectivity index is 1.20. The molecule has 6 nitrogen and oxygen atoms in total. The van der Waals surface area contributed by atoms with Gasteiger partial charge in [-0.1, -0.05) is 5.16 Å². The van der Waals surface area contributed by atoms with E-state index in [4.69, 9.17) is 10.3 Å². The second-order valence-electron chi connectivity index (χ2n) is 8.52. The number of aromatic nitrogens is 1. The minimum absolute atomic E-state index is 0.139. The van der Waals surface area contributed by atoms with Crippen LogP contribution in [0, 0.1) is 11.8 Å². The van der Waals surface area contributed by atoms with Gasteiger partial charge in [-0.05, 0) is 63.7 Å². The van der Waals surface area contributed by atoms with Gasteiger partial charge in [0.05, 0.1) is 0 Å². The van der Waals surface area contributed by atoms with Gasteiger partial charge < -0.3 is 15.6 Å². The lowest BCUT2D eigenvalue weighted by molar-refractivity contribution is -0.123. The van der Waals surface area contributed by atoms with Crippen molar-refractivity contribution in [3.8, 4) is 0 Å². The number of amides is 1. The molecule has 1 aromatic rings. The highest BCUT2D eigenvalue weighted by atomic mass is 16.5. The molecule has 0 aromatic carbocycles. The maximum Gasteiger partial charge on any atom is 0.273 e. The zero-order valence-corrected chi connectivity index (χ0v) is 15.3. The van der Waals surface area contributed by atoms with E-state index in [0.717, 1.165) is 63.5 Å². The van der Waals surface area contributed by atoms with E-state index in [1.165, 1.54) is 0 Å². The average molecular weight is 359 g/mol. The number of ketones is 1. The van der Waals surface area contributed by atoms with Gasteiger partial charge in [0.25, 0.3) is 5.91 Å². The van der Waals surface area contributed by atoms with Crippen LogP contribution in [0.4, 0.5) is 0 Å². The van der Waals surface area contributed by atoms with Gasteiger partial charge >= 0.3 is 0 Å². The van der Waals surface area contributed by atoms with Crippen LogP contribution in [0.15, 0.2) is 10.6 Å². The molecule has 26 heavy (non-hydrogen) atoms. The first kappa shape index (κ1) is 17.7. The van der Waals surface area contributed by atoms with Crippen molar-refractivity contribution in [2.45, 2.75) is 82.2 Å². The summed E-state index contributed by atoms with van der Waals surface area (Å²) in [5.74, 6) is 2.22. The van der Waals surface area contributed by atoms with Crippen LogP contribution < -0.4 is 11.1 Å². The molecule has 2 atom stereocenters. The first-order valence-corrected chi connectivity index (χ1v) is 10.1. The number of hydrogen-bond donors (Lipinski definition) is 2. The Morgan fingerprint density at radius 2 is 1.88 bits per heavy atom. The highest BCUT2D eigenvalue weighted by Crippen LogP contribution is 2.40. The van der Waals surface area contributed by atoms with Crippen LogP contribution in [0.2, 0.25) is 0 Å². The highest BCUT2D eigenvalue weighted by Gasteiger charge is 2.32. The Bertz CT molecular complexity index is 659. The normalized spacial score (nSPS) is 31.7. The Hall–Kier alpha value is -1.69. The number of rotatable bonds is 6. The van der Waals surface area contributed by atoms with Gasteiger partial charge in [-0.15, -0.1) is 0 Å². The van der Waals surface area contributed by atoms with Gasteiger partial charge in [-0.3, -0.25) is 9.59 Å². The second-order valence-corrected chi connectivity index (χ2v) is 8.52. The molecule has 1 aromatic heterocycles. The Morgan fingerprint density at radius 1 is 1.12 bits per heavy atom. The van der Waals surface area contributed by atoms with Crippen LogP contribution in [0.25, 0.3) is 0 Å². The first-order valence-electron chi connectivity index (χ1n) is 10.1. The topological polar surface area (TPSA) is 98.2 Å². The fraction of sp³-hybridized carbons (Fsp3) is 0.750. The molecule has 0 bridgehead atoms. The molecule has 1 amide bonds. The summed E-state index contributed by atoms with van der Waals surface area (Å²) in [6.45, 7) is 0. The third-order valence-corrected chi connectivity index (χ3v) is 6.34. The van der Waals surface area contributed by atoms with Crippen molar-refractivity contribution in [2.24, 2.45) is 17.6 Å². The van der Waals surface area contributed by atoms with Gasteiger partial charge in [0.15, 0.2) is 5.69 Å². The van der Waals surface area contributed by atoms with E-state index in [1.54, 1.807) is 6.07 Å². The van der Waals surface area contributed by atoms with Gasteiger partial charge in [0, 0.05) is 36.4 Å². The summed E-state index contributed by atoms with van der Waals surface area (Å²) < 4.78 is 5.26. The highest BCUT2D eigenvalue weighted by molar-refractivity contribution is 5.92. The number of carbonyl (C=O) groups is 2. The zero-order valence-electron chi connectivity index (χ0n) is 15.3. The standard InChI is InChI=1S/C20H29N3O3/c21-15-6-5-14(10-15)18(24)9-12-1-7-16(8-2-12)22-20(25)17-11-19(26-23-17)13-3-4-13/h11-16H,1-10,21H2,(H,22,25)/t12?,14-,15+,16?/m0/s1. The van der Waals surface area contributed by atoms with E-state index < -0.39 is 0 Å². The van der Waals surface area contributed by atoms with Crippen molar-refractivity contribution in [1.29, 1.82) is 0 Å². The molecule has 3 N–H and O–H groups in total. The number of nitrogens with two attached hydrogens (primary N) is 1. The third kappa shape index (κ3) is 4.17. The van der Waals surface area contributed by atoms with Crippen LogP contribution in [-0.4, -0.2) is 28.9 Å². The largest absolute Gasteiger partial charge is 0.360 e. The average Bonchev–Trinajstić information content (AvgIpc) is 3.19. The van der Waals surface area contributed by atoms with Crippen molar-refractivity contribution in [2.75, 3.05) is 0 Å². The summed E-state index contributed by atoms with van der Waals surface area (Å²) in [6.07, 6.45) is 9.63. The van der Waals surface area contributed by atoms with E-state index >= 15 is 0 Å². The fourth-order valence-electron chi connectivity index (χ4n) is 4.49. The zero-order chi connectivity index (χ0) is 18.1. The second kappa shape index (κ2) is 7.51. The van der Waals surface area contributed by atoms with E-state index in [0.29, 0.717) is 29.7 Å². The third-order valence-electron chi connectivity index (χ3n) is 6.34. The molecule has 1 heterocycles. The lowest BCUT2D eigenvalue weighted by Crippen LogP contribution is -2.38. The molecule has 3 aliphatic rings. The SMILES string of the molecule is N[C@@H]1CC[C@H](C(=O)CC2CCC(NC(=O)c3cc(C4CC4)on3)CC2)C1. The smallest absolute Gasteiger partial charge is 0.273 e. The van der Waals surface area contributed by atoms with E-state index in [-0.39, 0.29) is 23.9 Å². The number of nitrogens with zero attached hydrogens (tertiary/aromatic N) is 1. The summed E-state index contributed by atoms with van der Waals surface area (Å²) in [5, 5.41) is 6.99. The van der Waals surface area contributed by atoms with Crippen LogP contribution in [0.3, 0.4) is 0 Å². The monoisotopic (exact) mass is 359 g/mol. The molecule has 4 rings (SSSR count). The molecule has 0 aliphatic heterocycles. The fourth-order valence-corrected chi connectivity index (χ4v) is 4.49. The Labute approximate surface area is 154 Å². The lowest BCUT2D eigenvalue weighted by Gasteiger charge is -2.29. The van der Waals surface area contributed by atoms with Crippen molar-refractivity contribution >= 4 is 11.7 Å². The minimum Gasteiger partial charge on any atom is -0.360 e. The molecule has 6 heteroatoms. The molecule has 3 saturated carbocycles. The minimum atomic E-state index is -0.139. The predicted molar refractivity (Wildman–Crippen MR) is 96.6 cm³/mol. The Morgan fingerprint density at radius 3 is 2.54 bits per heavy atom. The predicted octanol–water partition coefficient (Wildman–Crippen LogP) is 2.93. The molecular weight excluding hydrogens is 330 g/mol. The van der Waals surface area contributed by atoms with Crippen molar-refractivity contribution < 1.29 is 14.1 Å². The molecule has 3 fully saturated rings. The maximum atomic E-state index is 12.4. The summed E-state index contributed by atoms with van der Waals surface area (Å²) >= 11 is 0. The molecule has 0 spiro atoms. The van der Waals surface area contributed by atoms with Gasteiger partial charge in [0.1, 0.15) is 11.5 Å². The van der Waals surface area contributed by atoms with Gasteiger partial charge in [-0.25, -0.2) is 0 Å². The van der Waals surface area contributed by atoms with Crippen LogP contribution >= 0.6 is 0 Å². The molecule has 0 saturated heterocycles. The molecule has 0 unspecified atom stereocenters. The molecule has 0 radical (unpaired) electrons. The first-order chi connectivity index (χ1) is 12.6. The molecule has 142 valence electrons. The summed E-state index contributed by atoms with van der Waals surface area (Å²) in [5.41, 5.74) is 6.32. The molecular formula is C20H29N3O3. The van der Waals surface area contributed by atoms with Crippen LogP contribution in [0.1, 0.15) is 86.4 Å². The van der Waals surface area contributed by atoms with Crippen molar-refractivity contribution in [3.63, 3.8) is 0 Å². The lowest BCUT2D eigenvalue weighted by atomic mass is 9.81. The van der Waals surface area contributed by atoms with E-state index in [9.17, 15) is 9.59 Å². The summed E-state index contributed by atoms with van der Waals surface area (Å²) in [7, 11) is 0. The Kier molecular flexibility index (Phi) is 5.11. The summed E-state index contributed by atoms with van der Waals surface area (Å²) in [4.78, 5) is 24.8. The molecule has 3 aliphatic carbocycles. The number of carbonyl (C=O) groups excluding carboxylic acids is 2. The number of Topliss-reactive ketones (excluding diaryl/α,β-unsaturated/α-hetero) is 1. The van der Waals surface area contributed by atoms with Crippen molar-refractivity contribution in [3.05, 3.63) is 17.5 Å². The number of hydrogen-bond acceptors (Lipinski definition) is 5. The van der Waals surface area contributed by atoms with Crippen LogP contribution in [-0.2, 0) is 4.79 Å². The maximum absolute atomic E-state index is 12.4. The van der Waals surface area contributed by atoms with E-state index in [1.807, 2.05) is 0 Å². The van der Waals surface area contributed by atoms with Crippen molar-refractivity contribution in [1.82, 2.24) is 10.5 Å². The van der Waals surface area contributed by atoms with Gasteiger partial charge in [0.2, 0.25) is 0 Å². The van der Waals surface area contributed by atoms with Gasteiger partial charge in [-0.2, -0.15) is 0 Å². The summed E-state index contributed by atoms with van der Waals surface area (Å²) in [6, 6.07) is 2.17. The van der Waals surface area contributed by atoms with E-state index in [2.05, 4.69) is 10.5 Å². The number of nitrogens with one attached hydrogen (secondary N) is 1.